The van der Waals surface area contributed by atoms with E-state index in [4.69, 9.17) is 8.22 Å². The summed E-state index contributed by atoms with van der Waals surface area (Å²) < 4.78 is 47.4. The van der Waals surface area contributed by atoms with Crippen LogP contribution in [0.5, 0.6) is 0 Å². The average molecular weight is 218 g/mol. The second kappa shape index (κ2) is 4.09. The Hall–Kier alpha value is -1.63. The Labute approximate surface area is 106 Å². The summed E-state index contributed by atoms with van der Waals surface area (Å²) in [6.45, 7) is -3.01. The first-order valence-corrected chi connectivity index (χ1v) is 5.12. The Bertz CT molecular complexity index is 700. The van der Waals surface area contributed by atoms with E-state index in [1.165, 1.54) is 12.3 Å². The Kier molecular flexibility index (Phi) is 1.44. The maximum absolute atomic E-state index is 7.65. The van der Waals surface area contributed by atoms with Crippen LogP contribution < -0.4 is 4.57 Å². The minimum atomic E-state index is -2.48. The summed E-state index contributed by atoms with van der Waals surface area (Å²) in [6.07, 6.45) is 1.40. The number of hydrogen-bond donors (Lipinski definition) is 0. The topological polar surface area (TPSA) is 3.88 Å². The highest BCUT2D eigenvalue weighted by molar-refractivity contribution is 5.61. The van der Waals surface area contributed by atoms with Gasteiger partial charge in [0.1, 0.15) is 7.05 Å². The molecule has 0 spiro atoms. The SMILES string of the molecule is [2H]C([2H])([2H])c1cc(-c2ccccc2C)[n+](C)cc1C([2H])([2H])[2H]. The summed E-state index contributed by atoms with van der Waals surface area (Å²) in [5.41, 5.74) is 2.30. The molecule has 16 heavy (non-hydrogen) atoms. The van der Waals surface area contributed by atoms with Crippen LogP contribution in [0.25, 0.3) is 11.3 Å². The number of aryl methyl sites for hydroxylation is 4. The third-order valence-corrected chi connectivity index (χ3v) is 2.69. The van der Waals surface area contributed by atoms with Crippen LogP contribution in [0.1, 0.15) is 24.9 Å². The molecule has 0 N–H and O–H groups in total. The fourth-order valence-electron chi connectivity index (χ4n) is 1.78. The van der Waals surface area contributed by atoms with Gasteiger partial charge in [0, 0.05) is 25.4 Å². The summed E-state index contributed by atoms with van der Waals surface area (Å²) in [4.78, 5) is 0. The van der Waals surface area contributed by atoms with Gasteiger partial charge in [0.2, 0.25) is 5.69 Å². The first-order chi connectivity index (χ1) is 10.0. The molecule has 1 aromatic heterocycles. The summed E-state index contributed by atoms with van der Waals surface area (Å²) in [6, 6.07) is 9.07. The van der Waals surface area contributed by atoms with E-state index >= 15 is 0 Å². The molecule has 0 bridgehead atoms. The molecule has 1 nitrogen and oxygen atoms in total. The quantitative estimate of drug-likeness (QED) is 0.648. The van der Waals surface area contributed by atoms with Gasteiger partial charge < -0.3 is 0 Å². The lowest BCUT2D eigenvalue weighted by atomic mass is 10.0. The van der Waals surface area contributed by atoms with Crippen LogP contribution in [0.3, 0.4) is 0 Å². The highest BCUT2D eigenvalue weighted by Gasteiger charge is 2.13. The Morgan fingerprint density at radius 1 is 1.06 bits per heavy atom. The second-order valence-electron chi connectivity index (χ2n) is 3.91. The monoisotopic (exact) mass is 218 g/mol. The van der Waals surface area contributed by atoms with Gasteiger partial charge in [-0.2, -0.15) is 0 Å². The molecule has 0 fully saturated rings. The van der Waals surface area contributed by atoms with Crippen molar-refractivity contribution in [3.05, 3.63) is 53.2 Å². The van der Waals surface area contributed by atoms with Crippen molar-refractivity contribution in [1.29, 1.82) is 0 Å². The molecular formula is C15H18N+. The molecule has 0 amide bonds. The smallest absolute Gasteiger partial charge is 0.201 e. The molecule has 1 heterocycles. The number of rotatable bonds is 1. The van der Waals surface area contributed by atoms with Crippen molar-refractivity contribution >= 4 is 0 Å². The largest absolute Gasteiger partial charge is 0.212 e. The summed E-state index contributed by atoms with van der Waals surface area (Å²) in [5, 5.41) is 0. The summed E-state index contributed by atoms with van der Waals surface area (Å²) in [5.74, 6) is 0. The molecule has 1 aromatic carbocycles. The highest BCUT2D eigenvalue weighted by atomic mass is 14.9. The normalized spacial score (nSPS) is 17.6. The zero-order chi connectivity index (χ0) is 16.7. The van der Waals surface area contributed by atoms with Crippen molar-refractivity contribution in [2.24, 2.45) is 7.05 Å². The van der Waals surface area contributed by atoms with Crippen LogP contribution in [0.2, 0.25) is 0 Å². The van der Waals surface area contributed by atoms with Crippen LogP contribution >= 0.6 is 0 Å². The molecule has 2 aromatic rings. The highest BCUT2D eigenvalue weighted by Crippen LogP contribution is 2.21. The molecule has 1 heteroatoms. The van der Waals surface area contributed by atoms with Gasteiger partial charge in [0.15, 0.2) is 6.20 Å². The average Bonchev–Trinajstić information content (AvgIpc) is 2.37. The molecule has 0 atom stereocenters. The van der Waals surface area contributed by atoms with Crippen LogP contribution in [0.4, 0.5) is 0 Å². The first kappa shape index (κ1) is 5.62. The van der Waals surface area contributed by atoms with E-state index in [1.807, 2.05) is 31.2 Å². The lowest BCUT2D eigenvalue weighted by molar-refractivity contribution is -0.660. The van der Waals surface area contributed by atoms with Crippen LogP contribution in [-0.2, 0) is 7.05 Å². The zero-order valence-corrected chi connectivity index (χ0v) is 9.41. The van der Waals surface area contributed by atoms with Gasteiger partial charge in [-0.15, -0.1) is 0 Å². The van der Waals surface area contributed by atoms with E-state index in [1.54, 1.807) is 11.6 Å². The number of nitrogens with zero attached hydrogens (tertiary/aromatic N) is 1. The molecule has 2 rings (SSSR count). The molecule has 0 aliphatic heterocycles. The molecule has 0 radical (unpaired) electrons. The molecule has 0 saturated carbocycles. The number of pyridine rings is 1. The number of benzene rings is 1. The third-order valence-electron chi connectivity index (χ3n) is 2.69. The van der Waals surface area contributed by atoms with E-state index < -0.39 is 13.7 Å². The summed E-state index contributed by atoms with van der Waals surface area (Å²) in [7, 11) is 1.72. The fraction of sp³-hybridized carbons (Fsp3) is 0.267. The van der Waals surface area contributed by atoms with Crippen LogP contribution in [0.15, 0.2) is 36.5 Å². The fourth-order valence-corrected chi connectivity index (χ4v) is 1.78. The van der Waals surface area contributed by atoms with Crippen LogP contribution in [0, 0.1) is 20.6 Å². The van der Waals surface area contributed by atoms with Gasteiger partial charge in [-0.05, 0) is 37.8 Å². The zero-order valence-electron chi connectivity index (χ0n) is 15.4. The third kappa shape index (κ3) is 1.85. The van der Waals surface area contributed by atoms with Gasteiger partial charge >= 0.3 is 0 Å². The minimum absolute atomic E-state index is 0.121. The standard InChI is InChI=1S/C15H18N/c1-11-7-5-6-8-14(11)15-9-12(2)13(3)10-16(15)4/h5-10H,1-4H3/q+1/i2D3,3D3. The molecule has 0 saturated heterocycles. The maximum atomic E-state index is 7.65. The van der Waals surface area contributed by atoms with Gasteiger partial charge in [-0.25, -0.2) is 4.57 Å². The van der Waals surface area contributed by atoms with Crippen molar-refractivity contribution in [1.82, 2.24) is 0 Å². The van der Waals surface area contributed by atoms with Gasteiger partial charge in [0.05, 0.1) is 0 Å². The molecular weight excluding hydrogens is 194 g/mol. The predicted octanol–water partition coefficient (Wildman–Crippen LogP) is 3.10. The number of aromatic nitrogens is 1. The van der Waals surface area contributed by atoms with E-state index in [9.17, 15) is 0 Å². The van der Waals surface area contributed by atoms with E-state index in [2.05, 4.69) is 0 Å². The lowest BCUT2D eigenvalue weighted by Crippen LogP contribution is -2.31. The van der Waals surface area contributed by atoms with Crippen molar-refractivity contribution < 1.29 is 12.8 Å². The summed E-state index contributed by atoms with van der Waals surface area (Å²) >= 11 is 0. The maximum Gasteiger partial charge on any atom is 0.212 e. The van der Waals surface area contributed by atoms with Gasteiger partial charge in [0.25, 0.3) is 0 Å². The van der Waals surface area contributed by atoms with Gasteiger partial charge in [-0.1, -0.05) is 18.2 Å². The molecule has 0 unspecified atom stereocenters. The van der Waals surface area contributed by atoms with E-state index in [-0.39, 0.29) is 11.1 Å². The van der Waals surface area contributed by atoms with E-state index in [0.29, 0.717) is 5.69 Å². The second-order valence-corrected chi connectivity index (χ2v) is 3.91. The lowest BCUT2D eigenvalue weighted by Gasteiger charge is -2.06. The number of hydrogen-bond acceptors (Lipinski definition) is 0. The van der Waals surface area contributed by atoms with Gasteiger partial charge in [-0.3, -0.25) is 0 Å². The van der Waals surface area contributed by atoms with Crippen molar-refractivity contribution in [3.8, 4) is 11.3 Å². The predicted molar refractivity (Wildman–Crippen MR) is 67.3 cm³/mol. The minimum Gasteiger partial charge on any atom is -0.201 e. The molecule has 82 valence electrons. The van der Waals surface area contributed by atoms with Crippen molar-refractivity contribution in [2.45, 2.75) is 20.6 Å². The van der Waals surface area contributed by atoms with E-state index in [0.717, 1.165) is 11.1 Å². The Morgan fingerprint density at radius 2 is 1.81 bits per heavy atom. The Balaban J connectivity index is 2.77. The Morgan fingerprint density at radius 3 is 2.50 bits per heavy atom. The first-order valence-electron chi connectivity index (χ1n) is 8.12. The molecule has 0 aliphatic rings. The van der Waals surface area contributed by atoms with Crippen LogP contribution in [-0.4, -0.2) is 0 Å². The van der Waals surface area contributed by atoms with Crippen molar-refractivity contribution in [3.63, 3.8) is 0 Å². The molecule has 0 aliphatic carbocycles. The van der Waals surface area contributed by atoms with Crippen molar-refractivity contribution in [2.75, 3.05) is 0 Å².